The molecule has 0 heterocycles. The molecule has 19 heavy (non-hydrogen) atoms. The van der Waals surface area contributed by atoms with Crippen LogP contribution >= 0.6 is 0 Å². The van der Waals surface area contributed by atoms with Crippen LogP contribution in [0.5, 0.6) is 0 Å². The molecule has 1 aromatic rings. The van der Waals surface area contributed by atoms with Crippen LogP contribution in [-0.2, 0) is 4.79 Å². The van der Waals surface area contributed by atoms with E-state index in [-0.39, 0.29) is 29.4 Å². The summed E-state index contributed by atoms with van der Waals surface area (Å²) in [6.07, 6.45) is 0. The lowest BCUT2D eigenvalue weighted by atomic mass is 10.1. The molecule has 0 aliphatic rings. The molecule has 0 aliphatic carbocycles. The number of anilines is 1. The number of rotatable bonds is 5. The summed E-state index contributed by atoms with van der Waals surface area (Å²) in [7, 11) is 3.12. The standard InChI is InChI=1S/C11H13N3O5/c1-13(2)10(15)6-12-8-4-3-7(11(16)17)5-9(8)14(18)19/h3-5,12H,6H2,1-2H3,(H,16,17). The average molecular weight is 267 g/mol. The summed E-state index contributed by atoms with van der Waals surface area (Å²) in [4.78, 5) is 33.6. The van der Waals surface area contributed by atoms with E-state index in [1.165, 1.54) is 17.0 Å². The van der Waals surface area contributed by atoms with Gasteiger partial charge in [0, 0.05) is 20.2 Å². The lowest BCUT2D eigenvalue weighted by Crippen LogP contribution is -2.28. The zero-order valence-corrected chi connectivity index (χ0v) is 10.4. The second-order valence-corrected chi connectivity index (χ2v) is 3.94. The van der Waals surface area contributed by atoms with Gasteiger partial charge in [0.15, 0.2) is 0 Å². The van der Waals surface area contributed by atoms with Gasteiger partial charge in [0.2, 0.25) is 5.91 Å². The molecule has 8 heteroatoms. The SMILES string of the molecule is CN(C)C(=O)CNc1ccc(C(=O)O)cc1[N+](=O)[O-]. The third-order valence-electron chi connectivity index (χ3n) is 2.37. The molecule has 0 saturated carbocycles. The van der Waals surface area contributed by atoms with Crippen molar-refractivity contribution in [3.05, 3.63) is 33.9 Å². The smallest absolute Gasteiger partial charge is 0.335 e. The highest BCUT2D eigenvalue weighted by atomic mass is 16.6. The minimum absolute atomic E-state index is 0.102. The number of likely N-dealkylation sites (N-methyl/N-ethyl adjacent to an activating group) is 1. The fourth-order valence-corrected chi connectivity index (χ4v) is 1.29. The second kappa shape index (κ2) is 5.80. The summed E-state index contributed by atoms with van der Waals surface area (Å²) < 4.78 is 0. The van der Waals surface area contributed by atoms with E-state index in [4.69, 9.17) is 5.11 Å². The fraction of sp³-hybridized carbons (Fsp3) is 0.273. The number of hydrogen-bond acceptors (Lipinski definition) is 5. The zero-order valence-electron chi connectivity index (χ0n) is 10.4. The first-order valence-corrected chi connectivity index (χ1v) is 5.28. The van der Waals surface area contributed by atoms with Crippen molar-refractivity contribution in [3.63, 3.8) is 0 Å². The van der Waals surface area contributed by atoms with Gasteiger partial charge in [-0.1, -0.05) is 0 Å². The first-order chi connectivity index (χ1) is 8.82. The molecular formula is C11H13N3O5. The maximum atomic E-state index is 11.4. The third-order valence-corrected chi connectivity index (χ3v) is 2.37. The number of benzene rings is 1. The predicted octanol–water partition coefficient (Wildman–Crippen LogP) is 0.793. The van der Waals surface area contributed by atoms with Gasteiger partial charge in [-0.05, 0) is 12.1 Å². The van der Waals surface area contributed by atoms with E-state index in [1.54, 1.807) is 14.1 Å². The number of hydrogen-bond donors (Lipinski definition) is 2. The lowest BCUT2D eigenvalue weighted by molar-refractivity contribution is -0.384. The van der Waals surface area contributed by atoms with Gasteiger partial charge in [-0.3, -0.25) is 14.9 Å². The van der Waals surface area contributed by atoms with Gasteiger partial charge >= 0.3 is 5.97 Å². The van der Waals surface area contributed by atoms with Crippen molar-refractivity contribution in [2.45, 2.75) is 0 Å². The molecule has 0 aliphatic heterocycles. The molecule has 0 atom stereocenters. The number of nitro groups is 1. The number of carbonyl (C=O) groups is 2. The number of carbonyl (C=O) groups excluding carboxylic acids is 1. The quantitative estimate of drug-likeness (QED) is 0.602. The Labute approximate surface area is 108 Å². The van der Waals surface area contributed by atoms with Crippen LogP contribution < -0.4 is 5.32 Å². The van der Waals surface area contributed by atoms with Crippen LogP contribution in [-0.4, -0.2) is 47.4 Å². The lowest BCUT2D eigenvalue weighted by Gasteiger charge is -2.12. The van der Waals surface area contributed by atoms with E-state index >= 15 is 0 Å². The molecule has 1 rings (SSSR count). The highest BCUT2D eigenvalue weighted by Crippen LogP contribution is 2.25. The van der Waals surface area contributed by atoms with Gasteiger partial charge in [0.05, 0.1) is 17.0 Å². The Kier molecular flexibility index (Phi) is 4.41. The van der Waals surface area contributed by atoms with E-state index in [0.717, 1.165) is 6.07 Å². The van der Waals surface area contributed by atoms with Crippen molar-refractivity contribution in [2.24, 2.45) is 0 Å². The first-order valence-electron chi connectivity index (χ1n) is 5.28. The van der Waals surface area contributed by atoms with E-state index in [9.17, 15) is 19.7 Å². The van der Waals surface area contributed by atoms with Gasteiger partial charge in [0.1, 0.15) is 5.69 Å². The van der Waals surface area contributed by atoms with E-state index < -0.39 is 10.9 Å². The maximum Gasteiger partial charge on any atom is 0.335 e. The van der Waals surface area contributed by atoms with Crippen LogP contribution in [0.2, 0.25) is 0 Å². The molecule has 2 N–H and O–H groups in total. The minimum Gasteiger partial charge on any atom is -0.478 e. The molecule has 0 unspecified atom stereocenters. The van der Waals surface area contributed by atoms with Crippen molar-refractivity contribution in [2.75, 3.05) is 26.0 Å². The Morgan fingerprint density at radius 2 is 2.05 bits per heavy atom. The molecular weight excluding hydrogens is 254 g/mol. The largest absolute Gasteiger partial charge is 0.478 e. The van der Waals surface area contributed by atoms with Crippen molar-refractivity contribution < 1.29 is 19.6 Å². The molecule has 0 fully saturated rings. The number of nitrogens with zero attached hydrogens (tertiary/aromatic N) is 2. The molecule has 0 spiro atoms. The average Bonchev–Trinajstić information content (AvgIpc) is 2.35. The maximum absolute atomic E-state index is 11.4. The Morgan fingerprint density at radius 1 is 1.42 bits per heavy atom. The highest BCUT2D eigenvalue weighted by Gasteiger charge is 2.17. The van der Waals surface area contributed by atoms with E-state index in [1.807, 2.05) is 0 Å². The van der Waals surface area contributed by atoms with Crippen LogP contribution in [0.25, 0.3) is 0 Å². The van der Waals surface area contributed by atoms with Crippen LogP contribution in [0.3, 0.4) is 0 Å². The predicted molar refractivity (Wildman–Crippen MR) is 67.2 cm³/mol. The van der Waals surface area contributed by atoms with Crippen LogP contribution in [0.4, 0.5) is 11.4 Å². The first kappa shape index (κ1) is 14.4. The monoisotopic (exact) mass is 267 g/mol. The fourth-order valence-electron chi connectivity index (χ4n) is 1.29. The van der Waals surface area contributed by atoms with Crippen LogP contribution in [0.1, 0.15) is 10.4 Å². The summed E-state index contributed by atoms with van der Waals surface area (Å²) in [5, 5.41) is 22.2. The molecule has 1 amide bonds. The summed E-state index contributed by atoms with van der Waals surface area (Å²) in [6.45, 7) is -0.111. The van der Waals surface area contributed by atoms with Crippen LogP contribution in [0, 0.1) is 10.1 Å². The van der Waals surface area contributed by atoms with Crippen molar-refractivity contribution >= 4 is 23.3 Å². The summed E-state index contributed by atoms with van der Waals surface area (Å²) in [5.41, 5.74) is -0.465. The molecule has 0 radical (unpaired) electrons. The molecule has 1 aromatic carbocycles. The molecule has 0 saturated heterocycles. The van der Waals surface area contributed by atoms with Crippen LogP contribution in [0.15, 0.2) is 18.2 Å². The van der Waals surface area contributed by atoms with Gasteiger partial charge in [-0.2, -0.15) is 0 Å². The molecule has 0 aromatic heterocycles. The number of amides is 1. The van der Waals surface area contributed by atoms with Gasteiger partial charge < -0.3 is 15.3 Å². The Bertz CT molecular complexity index is 527. The number of carboxylic acid groups (broad SMARTS) is 1. The third kappa shape index (κ3) is 3.66. The topological polar surface area (TPSA) is 113 Å². The van der Waals surface area contributed by atoms with Crippen molar-refractivity contribution in [3.8, 4) is 0 Å². The van der Waals surface area contributed by atoms with Gasteiger partial charge in [-0.15, -0.1) is 0 Å². The van der Waals surface area contributed by atoms with E-state index in [2.05, 4.69) is 5.32 Å². The number of carboxylic acids is 1. The molecule has 102 valence electrons. The summed E-state index contributed by atoms with van der Waals surface area (Å²) in [6, 6.07) is 3.45. The molecule has 0 bridgehead atoms. The zero-order chi connectivity index (χ0) is 14.6. The Balaban J connectivity index is 2.98. The normalized spacial score (nSPS) is 9.79. The number of aromatic carboxylic acids is 1. The van der Waals surface area contributed by atoms with Gasteiger partial charge in [0.25, 0.3) is 5.69 Å². The Morgan fingerprint density at radius 3 is 2.53 bits per heavy atom. The summed E-state index contributed by atoms with van der Waals surface area (Å²) >= 11 is 0. The second-order valence-electron chi connectivity index (χ2n) is 3.94. The van der Waals surface area contributed by atoms with Crippen molar-refractivity contribution in [1.82, 2.24) is 4.90 Å². The number of nitro benzene ring substituents is 1. The summed E-state index contributed by atoms with van der Waals surface area (Å²) in [5.74, 6) is -1.50. The van der Waals surface area contributed by atoms with E-state index in [0.29, 0.717) is 0 Å². The highest BCUT2D eigenvalue weighted by molar-refractivity contribution is 5.90. The van der Waals surface area contributed by atoms with Crippen molar-refractivity contribution in [1.29, 1.82) is 0 Å². The molecule has 8 nitrogen and oxygen atoms in total. The Hall–Kier alpha value is -2.64. The number of nitrogens with one attached hydrogen (secondary N) is 1. The van der Waals surface area contributed by atoms with Gasteiger partial charge in [-0.25, -0.2) is 4.79 Å². The minimum atomic E-state index is -1.25.